The number of halogens is 1. The van der Waals surface area contributed by atoms with E-state index in [1.54, 1.807) is 13.0 Å². The minimum absolute atomic E-state index is 0.176. The van der Waals surface area contributed by atoms with Crippen molar-refractivity contribution in [2.75, 3.05) is 11.1 Å². The van der Waals surface area contributed by atoms with E-state index in [2.05, 4.69) is 15.3 Å². The summed E-state index contributed by atoms with van der Waals surface area (Å²) < 4.78 is 5.06. The Labute approximate surface area is 163 Å². The second-order valence-corrected chi connectivity index (χ2v) is 6.83. The van der Waals surface area contributed by atoms with E-state index >= 15 is 0 Å². The maximum Gasteiger partial charge on any atom is 0.317 e. The number of hydrogen-bond acceptors (Lipinski definition) is 7. The number of esters is 1. The fourth-order valence-electron chi connectivity index (χ4n) is 2.00. The zero-order valence-electron chi connectivity index (χ0n) is 14.4. The Balaban J connectivity index is 1.92. The monoisotopic (exact) mass is 406 g/mol. The standard InChI is InChI=1S/C17H15ClN4O4S/c1-9-5-14(23)22-17(12(9)6-19)27-8-15(24)26-10(2)16(25)21-13-4-3-11(18)7-20-13/h3-5,7,10H,8H2,1-2H3,(H,22,23)(H,20,21,25)/t10-/m1/s1. The number of amides is 1. The number of aromatic amines is 1. The molecule has 0 aromatic carbocycles. The van der Waals surface area contributed by atoms with Gasteiger partial charge >= 0.3 is 5.97 Å². The predicted molar refractivity (Wildman–Crippen MR) is 101 cm³/mol. The highest BCUT2D eigenvalue weighted by molar-refractivity contribution is 7.99. The molecule has 2 aromatic heterocycles. The summed E-state index contributed by atoms with van der Waals surface area (Å²) in [5, 5.41) is 12.4. The molecule has 0 saturated carbocycles. The molecule has 0 spiro atoms. The largest absolute Gasteiger partial charge is 0.452 e. The van der Waals surface area contributed by atoms with Gasteiger partial charge in [0.2, 0.25) is 5.56 Å². The summed E-state index contributed by atoms with van der Waals surface area (Å²) in [6.07, 6.45) is 0.322. The second-order valence-electron chi connectivity index (χ2n) is 5.40. The average Bonchev–Trinajstić information content (AvgIpc) is 2.61. The van der Waals surface area contributed by atoms with E-state index in [1.165, 1.54) is 25.3 Å². The quantitative estimate of drug-likeness (QED) is 0.556. The third-order valence-corrected chi connectivity index (χ3v) is 4.51. The van der Waals surface area contributed by atoms with Gasteiger partial charge in [0.1, 0.15) is 11.9 Å². The molecule has 8 nitrogen and oxygen atoms in total. The summed E-state index contributed by atoms with van der Waals surface area (Å²) in [6, 6.07) is 6.36. The number of rotatable bonds is 6. The van der Waals surface area contributed by atoms with Crippen LogP contribution in [0.5, 0.6) is 0 Å². The first-order chi connectivity index (χ1) is 12.8. The molecule has 2 heterocycles. The SMILES string of the molecule is Cc1cc(=O)[nH]c(SCC(=O)O[C@H](C)C(=O)Nc2ccc(Cl)cn2)c1C#N. The van der Waals surface area contributed by atoms with Crippen LogP contribution in [-0.2, 0) is 14.3 Å². The number of carbonyl (C=O) groups excluding carboxylic acids is 2. The molecular weight excluding hydrogens is 392 g/mol. The fourth-order valence-corrected chi connectivity index (χ4v) is 2.96. The van der Waals surface area contributed by atoms with Crippen LogP contribution in [0.4, 0.5) is 5.82 Å². The number of thioether (sulfide) groups is 1. The number of pyridine rings is 2. The molecule has 2 aromatic rings. The van der Waals surface area contributed by atoms with Crippen molar-refractivity contribution in [1.29, 1.82) is 5.26 Å². The summed E-state index contributed by atoms with van der Waals surface area (Å²) in [7, 11) is 0. The highest BCUT2D eigenvalue weighted by Crippen LogP contribution is 2.21. The first-order valence-corrected chi connectivity index (χ1v) is 9.05. The summed E-state index contributed by atoms with van der Waals surface area (Å²) in [4.78, 5) is 42.0. The molecule has 0 radical (unpaired) electrons. The Bertz CT molecular complexity index is 953. The summed E-state index contributed by atoms with van der Waals surface area (Å²) >= 11 is 6.67. The van der Waals surface area contributed by atoms with Crippen molar-refractivity contribution >= 4 is 41.1 Å². The lowest BCUT2D eigenvalue weighted by atomic mass is 10.2. The molecule has 1 atom stereocenters. The van der Waals surface area contributed by atoms with Crippen LogP contribution in [0.3, 0.4) is 0 Å². The zero-order chi connectivity index (χ0) is 20.0. The van der Waals surface area contributed by atoms with Crippen LogP contribution < -0.4 is 10.9 Å². The summed E-state index contributed by atoms with van der Waals surface area (Å²) in [5.41, 5.74) is 0.429. The lowest BCUT2D eigenvalue weighted by molar-refractivity contribution is -0.150. The fraction of sp³-hybridized carbons (Fsp3) is 0.235. The number of nitrogens with one attached hydrogen (secondary N) is 2. The van der Waals surface area contributed by atoms with E-state index in [4.69, 9.17) is 21.6 Å². The number of ether oxygens (including phenoxy) is 1. The minimum Gasteiger partial charge on any atom is -0.452 e. The molecular formula is C17H15ClN4O4S. The molecule has 140 valence electrons. The number of hydrogen-bond donors (Lipinski definition) is 2. The van der Waals surface area contributed by atoms with E-state index < -0.39 is 18.0 Å². The van der Waals surface area contributed by atoms with Crippen LogP contribution in [0, 0.1) is 18.3 Å². The zero-order valence-corrected chi connectivity index (χ0v) is 16.0. The van der Waals surface area contributed by atoms with Crippen LogP contribution in [-0.4, -0.2) is 33.7 Å². The number of aryl methyl sites for hydroxylation is 1. The van der Waals surface area contributed by atoms with Crippen molar-refractivity contribution in [3.63, 3.8) is 0 Å². The number of aromatic nitrogens is 2. The summed E-state index contributed by atoms with van der Waals surface area (Å²) in [6.45, 7) is 3.05. The number of anilines is 1. The smallest absolute Gasteiger partial charge is 0.317 e. The molecule has 0 fully saturated rings. The van der Waals surface area contributed by atoms with E-state index in [9.17, 15) is 14.4 Å². The first kappa shape index (κ1) is 20.5. The van der Waals surface area contributed by atoms with Crippen LogP contribution in [0.15, 0.2) is 34.2 Å². The normalized spacial score (nSPS) is 11.3. The van der Waals surface area contributed by atoms with Gasteiger partial charge in [0.15, 0.2) is 6.10 Å². The van der Waals surface area contributed by atoms with Crippen molar-refractivity contribution in [3.05, 3.63) is 50.9 Å². The molecule has 0 unspecified atom stereocenters. The van der Waals surface area contributed by atoms with Gasteiger partial charge in [-0.3, -0.25) is 14.4 Å². The van der Waals surface area contributed by atoms with Gasteiger partial charge in [-0.1, -0.05) is 23.4 Å². The van der Waals surface area contributed by atoms with E-state index in [-0.39, 0.29) is 27.7 Å². The molecule has 0 aliphatic carbocycles. The minimum atomic E-state index is -1.05. The molecule has 0 aliphatic rings. The number of H-pyrrole nitrogens is 1. The topological polar surface area (TPSA) is 125 Å². The van der Waals surface area contributed by atoms with Gasteiger partial charge in [-0.05, 0) is 31.5 Å². The number of nitriles is 1. The lowest BCUT2D eigenvalue weighted by Gasteiger charge is -2.13. The molecule has 27 heavy (non-hydrogen) atoms. The Kier molecular flexibility index (Phi) is 6.98. The number of carbonyl (C=O) groups is 2. The van der Waals surface area contributed by atoms with Gasteiger partial charge in [0.05, 0.1) is 21.4 Å². The Morgan fingerprint density at radius 1 is 1.48 bits per heavy atom. The van der Waals surface area contributed by atoms with Gasteiger partial charge in [0.25, 0.3) is 5.91 Å². The van der Waals surface area contributed by atoms with Gasteiger partial charge in [-0.25, -0.2) is 4.98 Å². The van der Waals surface area contributed by atoms with Gasteiger partial charge in [-0.15, -0.1) is 0 Å². The molecule has 2 rings (SSSR count). The van der Waals surface area contributed by atoms with Crippen molar-refractivity contribution in [1.82, 2.24) is 9.97 Å². The van der Waals surface area contributed by atoms with Crippen molar-refractivity contribution in [2.24, 2.45) is 0 Å². The molecule has 0 bridgehead atoms. The third kappa shape index (κ3) is 5.84. The van der Waals surface area contributed by atoms with Crippen molar-refractivity contribution in [2.45, 2.75) is 25.0 Å². The second kappa shape index (κ2) is 9.21. The van der Waals surface area contributed by atoms with Crippen LogP contribution in [0.2, 0.25) is 5.02 Å². The maximum atomic E-state index is 12.0. The third-order valence-electron chi connectivity index (χ3n) is 3.31. The Morgan fingerprint density at radius 3 is 2.85 bits per heavy atom. The first-order valence-electron chi connectivity index (χ1n) is 7.69. The molecule has 0 aliphatic heterocycles. The highest BCUT2D eigenvalue weighted by Gasteiger charge is 2.19. The molecule has 0 saturated heterocycles. The van der Waals surface area contributed by atoms with Gasteiger partial charge in [0, 0.05) is 12.3 Å². The van der Waals surface area contributed by atoms with Crippen LogP contribution in [0.1, 0.15) is 18.1 Å². The molecule has 1 amide bonds. The average molecular weight is 407 g/mol. The van der Waals surface area contributed by atoms with Gasteiger partial charge in [-0.2, -0.15) is 5.26 Å². The van der Waals surface area contributed by atoms with Crippen molar-refractivity contribution < 1.29 is 14.3 Å². The molecule has 10 heteroatoms. The van der Waals surface area contributed by atoms with Gasteiger partial charge < -0.3 is 15.0 Å². The van der Waals surface area contributed by atoms with Crippen molar-refractivity contribution in [3.8, 4) is 6.07 Å². The van der Waals surface area contributed by atoms with Crippen LogP contribution in [0.25, 0.3) is 0 Å². The molecule has 2 N–H and O–H groups in total. The highest BCUT2D eigenvalue weighted by atomic mass is 35.5. The lowest BCUT2D eigenvalue weighted by Crippen LogP contribution is -2.30. The van der Waals surface area contributed by atoms with E-state index in [0.717, 1.165) is 11.8 Å². The predicted octanol–water partition coefficient (Wildman–Crippen LogP) is 2.27. The van der Waals surface area contributed by atoms with E-state index in [0.29, 0.717) is 10.6 Å². The number of nitrogens with zero attached hydrogens (tertiary/aromatic N) is 2. The van der Waals surface area contributed by atoms with Crippen LogP contribution >= 0.6 is 23.4 Å². The van der Waals surface area contributed by atoms with E-state index in [1.807, 2.05) is 6.07 Å². The maximum absolute atomic E-state index is 12.0. The Hall–Kier alpha value is -2.83. The Morgan fingerprint density at radius 2 is 2.22 bits per heavy atom. The summed E-state index contributed by atoms with van der Waals surface area (Å²) in [5.74, 6) is -1.12.